The van der Waals surface area contributed by atoms with E-state index in [0.29, 0.717) is 23.2 Å². The van der Waals surface area contributed by atoms with E-state index >= 15 is 0 Å². The molecule has 172 valence electrons. The van der Waals surface area contributed by atoms with Crippen LogP contribution in [0, 0.1) is 13.8 Å². The number of esters is 1. The maximum Gasteiger partial charge on any atom is 0.306 e. The highest BCUT2D eigenvalue weighted by Gasteiger charge is 2.31. The van der Waals surface area contributed by atoms with Gasteiger partial charge < -0.3 is 9.30 Å². The molecule has 0 aliphatic carbocycles. The number of aromatic nitrogens is 1. The number of carbonyl (C=O) groups is 3. The molecule has 32 heavy (non-hydrogen) atoms. The van der Waals surface area contributed by atoms with Crippen molar-refractivity contribution in [2.75, 3.05) is 24.4 Å². The molecule has 9 heteroatoms. The second-order valence-electron chi connectivity index (χ2n) is 7.95. The molecule has 2 heterocycles. The van der Waals surface area contributed by atoms with Gasteiger partial charge in [0.05, 0.1) is 17.9 Å². The van der Waals surface area contributed by atoms with Gasteiger partial charge in [-0.3, -0.25) is 14.4 Å². The van der Waals surface area contributed by atoms with E-state index in [0.717, 1.165) is 10.6 Å². The number of carbonyl (C=O) groups excluding carboxylic acids is 3. The van der Waals surface area contributed by atoms with Crippen LogP contribution in [-0.2, 0) is 19.4 Å². The number of thioether (sulfide) groups is 1. The molecule has 3 rings (SSSR count). The number of hydrogen-bond donors (Lipinski definition) is 0. The molecule has 1 fully saturated rings. The molecule has 0 amide bonds. The van der Waals surface area contributed by atoms with Crippen molar-refractivity contribution in [3.63, 3.8) is 0 Å². The number of ether oxygens (including phenoxy) is 1. The number of benzene rings is 1. The zero-order valence-electron chi connectivity index (χ0n) is 18.4. The molecule has 0 spiro atoms. The summed E-state index contributed by atoms with van der Waals surface area (Å²) in [6, 6.07) is 8.69. The molecule has 1 aromatic carbocycles. The van der Waals surface area contributed by atoms with Gasteiger partial charge in [0.2, 0.25) is 5.78 Å². The van der Waals surface area contributed by atoms with E-state index in [9.17, 15) is 22.8 Å². The molecular formula is C23H27NO6S2. The van der Waals surface area contributed by atoms with E-state index in [1.165, 1.54) is 0 Å². The first-order valence-electron chi connectivity index (χ1n) is 10.4. The molecule has 7 nitrogen and oxygen atoms in total. The molecule has 1 saturated heterocycles. The van der Waals surface area contributed by atoms with Crippen molar-refractivity contribution in [3.05, 3.63) is 52.8 Å². The molecule has 1 aromatic heterocycles. The molecule has 1 aliphatic rings. The lowest BCUT2D eigenvalue weighted by atomic mass is 10.1. The second kappa shape index (κ2) is 10.0. The summed E-state index contributed by atoms with van der Waals surface area (Å²) in [5.41, 5.74) is 2.43. The predicted molar refractivity (Wildman–Crippen MR) is 123 cm³/mol. The van der Waals surface area contributed by atoms with E-state index in [2.05, 4.69) is 0 Å². The molecule has 2 aromatic rings. The minimum Gasteiger partial charge on any atom is -0.457 e. The van der Waals surface area contributed by atoms with Crippen molar-refractivity contribution in [1.29, 1.82) is 0 Å². The van der Waals surface area contributed by atoms with Gasteiger partial charge in [0, 0.05) is 39.9 Å². The van der Waals surface area contributed by atoms with Gasteiger partial charge in [0.15, 0.2) is 22.2 Å². The maximum atomic E-state index is 12.6. The second-order valence-corrected chi connectivity index (χ2v) is 11.1. The van der Waals surface area contributed by atoms with Gasteiger partial charge in [0.1, 0.15) is 0 Å². The Labute approximate surface area is 192 Å². The zero-order valence-corrected chi connectivity index (χ0v) is 20.1. The predicted octanol–water partition coefficient (Wildman–Crippen LogP) is 3.58. The van der Waals surface area contributed by atoms with Gasteiger partial charge in [-0.05, 0) is 44.7 Å². The molecular weight excluding hydrogens is 450 g/mol. The van der Waals surface area contributed by atoms with Gasteiger partial charge in [-0.2, -0.15) is 0 Å². The standard InChI is InChI=1S/C23H27NO6S2/c1-15-12-20(16(2)24(15)18-10-11-32(28,29)14-18)22(26)13-30-23(27)9-8-21(25)17-4-6-19(31-3)7-5-17/h4-7,12,18H,8-11,13-14H2,1-3H3/t18-/m0/s1. The van der Waals surface area contributed by atoms with Crippen molar-refractivity contribution in [3.8, 4) is 0 Å². The Balaban J connectivity index is 1.53. The highest BCUT2D eigenvalue weighted by Crippen LogP contribution is 2.29. The molecule has 0 saturated carbocycles. The summed E-state index contributed by atoms with van der Waals surface area (Å²) in [5.74, 6) is -0.896. The lowest BCUT2D eigenvalue weighted by Gasteiger charge is -2.16. The highest BCUT2D eigenvalue weighted by molar-refractivity contribution is 7.98. The van der Waals surface area contributed by atoms with Crippen LogP contribution in [0.25, 0.3) is 0 Å². The summed E-state index contributed by atoms with van der Waals surface area (Å²) >= 11 is 1.58. The first-order chi connectivity index (χ1) is 15.1. The third kappa shape index (κ3) is 5.69. The van der Waals surface area contributed by atoms with Crippen LogP contribution >= 0.6 is 11.8 Å². The Morgan fingerprint density at radius 3 is 2.38 bits per heavy atom. The lowest BCUT2D eigenvalue weighted by Crippen LogP contribution is -2.17. The Hall–Kier alpha value is -2.39. The first kappa shape index (κ1) is 24.3. The van der Waals surface area contributed by atoms with E-state index in [-0.39, 0.29) is 42.0 Å². The van der Waals surface area contributed by atoms with E-state index in [1.54, 1.807) is 36.9 Å². The fraction of sp³-hybridized carbons (Fsp3) is 0.435. The van der Waals surface area contributed by atoms with Crippen molar-refractivity contribution in [2.24, 2.45) is 0 Å². The first-order valence-corrected chi connectivity index (χ1v) is 13.4. The SMILES string of the molecule is CSc1ccc(C(=O)CCC(=O)OCC(=O)c2cc(C)n([C@H]3CCS(=O)(=O)C3)c2C)cc1. The van der Waals surface area contributed by atoms with Crippen LogP contribution in [0.3, 0.4) is 0 Å². The van der Waals surface area contributed by atoms with Crippen LogP contribution in [0.1, 0.15) is 57.4 Å². The Kier molecular flexibility index (Phi) is 7.61. The van der Waals surface area contributed by atoms with Crippen LogP contribution in [0.15, 0.2) is 35.2 Å². The Morgan fingerprint density at radius 2 is 1.78 bits per heavy atom. The van der Waals surface area contributed by atoms with Crippen LogP contribution < -0.4 is 0 Å². The molecule has 0 N–H and O–H groups in total. The van der Waals surface area contributed by atoms with Crippen molar-refractivity contribution in [1.82, 2.24) is 4.57 Å². The number of aryl methyl sites for hydroxylation is 1. The third-order valence-electron chi connectivity index (χ3n) is 5.69. The molecule has 1 atom stereocenters. The average molecular weight is 478 g/mol. The van der Waals surface area contributed by atoms with Crippen molar-refractivity contribution < 1.29 is 27.5 Å². The number of sulfone groups is 1. The quantitative estimate of drug-likeness (QED) is 0.309. The minimum atomic E-state index is -3.05. The molecule has 0 bridgehead atoms. The van der Waals surface area contributed by atoms with Gasteiger partial charge in [-0.25, -0.2) is 8.42 Å². The smallest absolute Gasteiger partial charge is 0.306 e. The summed E-state index contributed by atoms with van der Waals surface area (Å²) in [6.45, 7) is 3.19. The van der Waals surface area contributed by atoms with Gasteiger partial charge in [-0.1, -0.05) is 12.1 Å². The highest BCUT2D eigenvalue weighted by atomic mass is 32.2. The average Bonchev–Trinajstić information content (AvgIpc) is 3.27. The largest absolute Gasteiger partial charge is 0.457 e. The summed E-state index contributed by atoms with van der Waals surface area (Å²) in [4.78, 5) is 38.0. The topological polar surface area (TPSA) is 99.5 Å². The van der Waals surface area contributed by atoms with Gasteiger partial charge in [0.25, 0.3) is 0 Å². The van der Waals surface area contributed by atoms with Crippen molar-refractivity contribution >= 4 is 39.1 Å². The number of ketones is 2. The van der Waals surface area contributed by atoms with E-state index < -0.39 is 22.4 Å². The van der Waals surface area contributed by atoms with E-state index in [1.807, 2.05) is 29.9 Å². The summed E-state index contributed by atoms with van der Waals surface area (Å²) in [5, 5.41) is 0. The summed E-state index contributed by atoms with van der Waals surface area (Å²) in [7, 11) is -3.05. The number of Topliss-reactive ketones (excluding diaryl/α,β-unsaturated/α-hetero) is 2. The van der Waals surface area contributed by atoms with Gasteiger partial charge in [-0.15, -0.1) is 11.8 Å². The number of hydrogen-bond acceptors (Lipinski definition) is 7. The Bertz CT molecular complexity index is 1130. The molecule has 0 unspecified atom stereocenters. The number of nitrogens with zero attached hydrogens (tertiary/aromatic N) is 1. The summed E-state index contributed by atoms with van der Waals surface area (Å²) < 4.78 is 30.6. The van der Waals surface area contributed by atoms with Crippen LogP contribution in [0.2, 0.25) is 0 Å². The summed E-state index contributed by atoms with van der Waals surface area (Å²) in [6.07, 6.45) is 2.38. The fourth-order valence-electron chi connectivity index (χ4n) is 4.03. The third-order valence-corrected chi connectivity index (χ3v) is 8.18. The Morgan fingerprint density at radius 1 is 1.09 bits per heavy atom. The van der Waals surface area contributed by atoms with Gasteiger partial charge >= 0.3 is 5.97 Å². The molecule has 1 aliphatic heterocycles. The van der Waals surface area contributed by atoms with E-state index in [4.69, 9.17) is 4.74 Å². The minimum absolute atomic E-state index is 0.0102. The normalized spacial score (nSPS) is 17.3. The van der Waals surface area contributed by atoms with Crippen LogP contribution in [0.5, 0.6) is 0 Å². The maximum absolute atomic E-state index is 12.6. The monoisotopic (exact) mass is 477 g/mol. The fourth-order valence-corrected chi connectivity index (χ4v) is 6.14. The van der Waals surface area contributed by atoms with Crippen LogP contribution in [0.4, 0.5) is 0 Å². The zero-order chi connectivity index (χ0) is 23.5. The molecule has 0 radical (unpaired) electrons. The van der Waals surface area contributed by atoms with Crippen LogP contribution in [-0.4, -0.2) is 54.9 Å². The number of rotatable bonds is 9. The van der Waals surface area contributed by atoms with Crippen molar-refractivity contribution in [2.45, 2.75) is 44.0 Å². The lowest BCUT2D eigenvalue weighted by molar-refractivity contribution is -0.142.